The maximum absolute atomic E-state index is 3.41. The highest BCUT2D eigenvalue weighted by Crippen LogP contribution is 2.25. The van der Waals surface area contributed by atoms with Gasteiger partial charge in [-0.1, -0.05) is 20.8 Å². The summed E-state index contributed by atoms with van der Waals surface area (Å²) in [4.78, 5) is 2.67. The van der Waals surface area contributed by atoms with Gasteiger partial charge in [0.1, 0.15) is 0 Å². The Bertz CT molecular complexity index is 168. The quantitative estimate of drug-likeness (QED) is 0.680. The lowest BCUT2D eigenvalue weighted by Crippen LogP contribution is -2.34. The Labute approximate surface area is 95.4 Å². The van der Waals surface area contributed by atoms with Crippen LogP contribution in [0.3, 0.4) is 0 Å². The second kappa shape index (κ2) is 6.49. The molecule has 0 aromatic carbocycles. The van der Waals surface area contributed by atoms with Crippen molar-refractivity contribution in [3.05, 3.63) is 0 Å². The second-order valence-electron chi connectivity index (χ2n) is 5.28. The van der Waals surface area contributed by atoms with Crippen LogP contribution in [0.5, 0.6) is 0 Å². The normalized spacial score (nSPS) is 25.0. The van der Waals surface area contributed by atoms with Crippen LogP contribution in [0.1, 0.15) is 40.5 Å². The molecule has 1 saturated heterocycles. The first-order valence-corrected chi connectivity index (χ1v) is 6.59. The molecule has 0 bridgehead atoms. The van der Waals surface area contributed by atoms with Crippen LogP contribution in [0.25, 0.3) is 0 Å². The van der Waals surface area contributed by atoms with Gasteiger partial charge in [-0.25, -0.2) is 0 Å². The van der Waals surface area contributed by atoms with Gasteiger partial charge in [0, 0.05) is 12.6 Å². The first-order chi connectivity index (χ1) is 7.15. The molecule has 0 amide bonds. The van der Waals surface area contributed by atoms with Crippen LogP contribution < -0.4 is 5.32 Å². The molecule has 0 aromatic heterocycles. The number of hydrogen-bond donors (Lipinski definition) is 1. The SMILES string of the molecule is CCNCCC(C)N1CCC(C(C)C)C1. The lowest BCUT2D eigenvalue weighted by Gasteiger charge is -2.25. The number of nitrogens with one attached hydrogen (secondary N) is 1. The fourth-order valence-electron chi connectivity index (χ4n) is 2.43. The molecule has 0 saturated carbocycles. The number of rotatable bonds is 6. The zero-order valence-electron chi connectivity index (χ0n) is 10.9. The molecule has 2 nitrogen and oxygen atoms in total. The molecular formula is C13H28N2. The summed E-state index contributed by atoms with van der Waals surface area (Å²) >= 11 is 0. The van der Waals surface area contributed by atoms with Crippen LogP contribution in [-0.4, -0.2) is 37.1 Å². The topological polar surface area (TPSA) is 15.3 Å². The molecule has 90 valence electrons. The standard InChI is InChI=1S/C13H28N2/c1-5-14-8-6-12(4)15-9-7-13(10-15)11(2)3/h11-14H,5-10H2,1-4H3. The molecule has 1 aliphatic rings. The fourth-order valence-corrected chi connectivity index (χ4v) is 2.43. The van der Waals surface area contributed by atoms with Crippen molar-refractivity contribution in [2.45, 2.75) is 46.6 Å². The lowest BCUT2D eigenvalue weighted by molar-refractivity contribution is 0.228. The van der Waals surface area contributed by atoms with E-state index in [-0.39, 0.29) is 0 Å². The van der Waals surface area contributed by atoms with Crippen molar-refractivity contribution in [1.82, 2.24) is 10.2 Å². The summed E-state index contributed by atoms with van der Waals surface area (Å²) in [6.45, 7) is 14.2. The van der Waals surface area contributed by atoms with Gasteiger partial charge in [-0.15, -0.1) is 0 Å². The molecule has 0 spiro atoms. The van der Waals surface area contributed by atoms with E-state index in [0.29, 0.717) is 0 Å². The fraction of sp³-hybridized carbons (Fsp3) is 1.00. The predicted molar refractivity (Wildman–Crippen MR) is 67.1 cm³/mol. The van der Waals surface area contributed by atoms with Gasteiger partial charge in [0.05, 0.1) is 0 Å². The monoisotopic (exact) mass is 212 g/mol. The minimum absolute atomic E-state index is 0.757. The lowest BCUT2D eigenvalue weighted by atomic mass is 9.95. The molecular weight excluding hydrogens is 184 g/mol. The summed E-state index contributed by atoms with van der Waals surface area (Å²) in [5.74, 6) is 1.79. The van der Waals surface area contributed by atoms with Gasteiger partial charge in [-0.3, -0.25) is 0 Å². The zero-order chi connectivity index (χ0) is 11.3. The molecule has 1 N–H and O–H groups in total. The summed E-state index contributed by atoms with van der Waals surface area (Å²) in [7, 11) is 0. The Balaban J connectivity index is 2.21. The average molecular weight is 212 g/mol. The molecule has 0 aromatic rings. The Morgan fingerprint density at radius 3 is 2.60 bits per heavy atom. The van der Waals surface area contributed by atoms with Gasteiger partial charge in [-0.2, -0.15) is 0 Å². The van der Waals surface area contributed by atoms with Crippen LogP contribution in [0.15, 0.2) is 0 Å². The van der Waals surface area contributed by atoms with Crippen molar-refractivity contribution < 1.29 is 0 Å². The molecule has 1 heterocycles. The van der Waals surface area contributed by atoms with Gasteiger partial charge >= 0.3 is 0 Å². The van der Waals surface area contributed by atoms with Gasteiger partial charge < -0.3 is 10.2 Å². The van der Waals surface area contributed by atoms with Gasteiger partial charge in [0.2, 0.25) is 0 Å². The molecule has 2 atom stereocenters. The maximum Gasteiger partial charge on any atom is 0.00791 e. The average Bonchev–Trinajstić information content (AvgIpc) is 2.66. The van der Waals surface area contributed by atoms with Crippen LogP contribution in [0.4, 0.5) is 0 Å². The molecule has 2 unspecified atom stereocenters. The van der Waals surface area contributed by atoms with E-state index in [1.54, 1.807) is 0 Å². The van der Waals surface area contributed by atoms with Crippen LogP contribution in [0.2, 0.25) is 0 Å². The predicted octanol–water partition coefficient (Wildman–Crippen LogP) is 2.35. The van der Waals surface area contributed by atoms with Crippen LogP contribution in [0, 0.1) is 11.8 Å². The summed E-state index contributed by atoms with van der Waals surface area (Å²) < 4.78 is 0. The molecule has 1 aliphatic heterocycles. The van der Waals surface area contributed by atoms with Crippen molar-refractivity contribution in [3.63, 3.8) is 0 Å². The maximum atomic E-state index is 3.41. The van der Waals surface area contributed by atoms with E-state index < -0.39 is 0 Å². The van der Waals surface area contributed by atoms with E-state index in [1.165, 1.54) is 32.5 Å². The molecule has 0 radical (unpaired) electrons. The third kappa shape index (κ3) is 4.12. The molecule has 2 heteroatoms. The third-order valence-electron chi connectivity index (χ3n) is 3.81. The highest BCUT2D eigenvalue weighted by atomic mass is 15.2. The third-order valence-corrected chi connectivity index (χ3v) is 3.81. The van der Waals surface area contributed by atoms with Crippen LogP contribution in [-0.2, 0) is 0 Å². The van der Waals surface area contributed by atoms with Crippen molar-refractivity contribution in [1.29, 1.82) is 0 Å². The van der Waals surface area contributed by atoms with Gasteiger partial charge in [0.15, 0.2) is 0 Å². The smallest absolute Gasteiger partial charge is 0.00791 e. The largest absolute Gasteiger partial charge is 0.317 e. The Morgan fingerprint density at radius 2 is 2.07 bits per heavy atom. The van der Waals surface area contributed by atoms with E-state index in [4.69, 9.17) is 0 Å². The van der Waals surface area contributed by atoms with Crippen molar-refractivity contribution >= 4 is 0 Å². The minimum atomic E-state index is 0.757. The highest BCUT2D eigenvalue weighted by Gasteiger charge is 2.27. The van der Waals surface area contributed by atoms with Gasteiger partial charge in [-0.05, 0) is 51.2 Å². The number of hydrogen-bond acceptors (Lipinski definition) is 2. The highest BCUT2D eigenvalue weighted by molar-refractivity contribution is 4.81. The van der Waals surface area contributed by atoms with Crippen molar-refractivity contribution in [2.24, 2.45) is 11.8 Å². The molecule has 1 fully saturated rings. The van der Waals surface area contributed by atoms with Crippen molar-refractivity contribution in [3.8, 4) is 0 Å². The molecule has 0 aliphatic carbocycles. The first kappa shape index (κ1) is 13.0. The Kier molecular flexibility index (Phi) is 5.62. The molecule has 1 rings (SSSR count). The first-order valence-electron chi connectivity index (χ1n) is 6.59. The van der Waals surface area contributed by atoms with Gasteiger partial charge in [0.25, 0.3) is 0 Å². The molecule has 15 heavy (non-hydrogen) atoms. The van der Waals surface area contributed by atoms with Crippen LogP contribution >= 0.6 is 0 Å². The Morgan fingerprint density at radius 1 is 1.33 bits per heavy atom. The number of likely N-dealkylation sites (tertiary alicyclic amines) is 1. The summed E-state index contributed by atoms with van der Waals surface area (Å²) in [5.41, 5.74) is 0. The summed E-state index contributed by atoms with van der Waals surface area (Å²) in [6, 6.07) is 0.757. The Hall–Kier alpha value is -0.0800. The van der Waals surface area contributed by atoms with E-state index in [2.05, 4.69) is 37.9 Å². The number of nitrogens with zero attached hydrogens (tertiary/aromatic N) is 1. The summed E-state index contributed by atoms with van der Waals surface area (Å²) in [5, 5.41) is 3.41. The van der Waals surface area contributed by atoms with E-state index in [9.17, 15) is 0 Å². The van der Waals surface area contributed by atoms with E-state index in [1.807, 2.05) is 0 Å². The van der Waals surface area contributed by atoms with Crippen molar-refractivity contribution in [2.75, 3.05) is 26.2 Å². The van der Waals surface area contributed by atoms with E-state index in [0.717, 1.165) is 24.4 Å². The minimum Gasteiger partial charge on any atom is -0.317 e. The second-order valence-corrected chi connectivity index (χ2v) is 5.28. The summed E-state index contributed by atoms with van der Waals surface area (Å²) in [6.07, 6.45) is 2.70. The van der Waals surface area contributed by atoms with E-state index >= 15 is 0 Å². The zero-order valence-corrected chi connectivity index (χ0v) is 10.9.